The quantitative estimate of drug-likeness (QED) is 0.786. The van der Waals surface area contributed by atoms with Crippen molar-refractivity contribution in [1.82, 2.24) is 15.3 Å². The van der Waals surface area contributed by atoms with E-state index in [1.165, 1.54) is 0 Å². The summed E-state index contributed by atoms with van der Waals surface area (Å²) in [6.07, 6.45) is 3.18. The number of nitrogens with one attached hydrogen (secondary N) is 2. The van der Waals surface area contributed by atoms with Gasteiger partial charge >= 0.3 is 6.03 Å². The summed E-state index contributed by atoms with van der Waals surface area (Å²) in [5.74, 6) is 0.728. The molecular formula is C14H24N4O2. The monoisotopic (exact) mass is 280 g/mol. The van der Waals surface area contributed by atoms with Gasteiger partial charge in [-0.2, -0.15) is 0 Å². The largest absolute Gasteiger partial charge is 0.396 e. The summed E-state index contributed by atoms with van der Waals surface area (Å²) in [6, 6.07) is -0.445. The van der Waals surface area contributed by atoms with Crippen LogP contribution in [-0.4, -0.2) is 33.8 Å². The first-order valence-corrected chi connectivity index (χ1v) is 6.75. The van der Waals surface area contributed by atoms with Gasteiger partial charge in [-0.3, -0.25) is 0 Å². The Bertz CT molecular complexity index is 439. The summed E-state index contributed by atoms with van der Waals surface area (Å²) in [5, 5.41) is 14.5. The first kappa shape index (κ1) is 16.4. The third-order valence-electron chi connectivity index (χ3n) is 3.08. The SMILES string of the molecule is CC(CO)C(C)NC(=O)Nc1cnc(C(C)(C)C)nc1. The van der Waals surface area contributed by atoms with Crippen LogP contribution in [0.2, 0.25) is 0 Å². The first-order chi connectivity index (χ1) is 9.24. The molecule has 0 aliphatic rings. The van der Waals surface area contributed by atoms with Crippen molar-refractivity contribution in [1.29, 1.82) is 0 Å². The lowest BCUT2D eigenvalue weighted by atomic mass is 9.96. The Balaban J connectivity index is 2.59. The second kappa shape index (κ2) is 6.65. The molecule has 2 amide bonds. The fraction of sp³-hybridized carbons (Fsp3) is 0.643. The summed E-state index contributed by atoms with van der Waals surface area (Å²) < 4.78 is 0. The number of aliphatic hydroxyl groups is 1. The number of aromatic nitrogens is 2. The van der Waals surface area contributed by atoms with Crippen molar-refractivity contribution < 1.29 is 9.90 Å². The predicted octanol–water partition coefficient (Wildman–Crippen LogP) is 1.91. The molecule has 0 fully saturated rings. The molecule has 1 aromatic rings. The molecule has 3 N–H and O–H groups in total. The smallest absolute Gasteiger partial charge is 0.319 e. The van der Waals surface area contributed by atoms with Crippen LogP contribution in [0.5, 0.6) is 0 Å². The Kier molecular flexibility index (Phi) is 5.44. The van der Waals surface area contributed by atoms with E-state index >= 15 is 0 Å². The molecule has 0 bridgehead atoms. The molecule has 0 aliphatic carbocycles. The lowest BCUT2D eigenvalue weighted by molar-refractivity contribution is 0.204. The number of anilines is 1. The summed E-state index contributed by atoms with van der Waals surface area (Å²) >= 11 is 0. The number of hydrogen-bond donors (Lipinski definition) is 3. The average molecular weight is 280 g/mol. The van der Waals surface area contributed by atoms with Crippen LogP contribution in [-0.2, 0) is 5.41 Å². The maximum Gasteiger partial charge on any atom is 0.319 e. The molecule has 2 unspecified atom stereocenters. The number of hydrogen-bond acceptors (Lipinski definition) is 4. The third-order valence-corrected chi connectivity index (χ3v) is 3.08. The van der Waals surface area contributed by atoms with Gasteiger partial charge in [0.2, 0.25) is 0 Å². The van der Waals surface area contributed by atoms with Gasteiger partial charge in [0.1, 0.15) is 5.82 Å². The van der Waals surface area contributed by atoms with Gasteiger partial charge in [0, 0.05) is 18.1 Å². The van der Waals surface area contributed by atoms with Crippen molar-refractivity contribution in [2.45, 2.75) is 46.1 Å². The number of nitrogens with zero attached hydrogens (tertiary/aromatic N) is 2. The van der Waals surface area contributed by atoms with Gasteiger partial charge in [0.05, 0.1) is 18.1 Å². The highest BCUT2D eigenvalue weighted by Crippen LogP contribution is 2.18. The number of amides is 2. The Labute approximate surface area is 120 Å². The Morgan fingerprint density at radius 3 is 2.30 bits per heavy atom. The van der Waals surface area contributed by atoms with Crippen molar-refractivity contribution in [2.24, 2.45) is 5.92 Å². The molecule has 6 heteroatoms. The minimum absolute atomic E-state index is 0.000247. The normalized spacial score (nSPS) is 14.5. The van der Waals surface area contributed by atoms with Gasteiger partial charge in [0.25, 0.3) is 0 Å². The van der Waals surface area contributed by atoms with Crippen LogP contribution < -0.4 is 10.6 Å². The van der Waals surface area contributed by atoms with Crippen LogP contribution in [0.4, 0.5) is 10.5 Å². The topological polar surface area (TPSA) is 87.1 Å². The highest BCUT2D eigenvalue weighted by molar-refractivity contribution is 5.89. The zero-order valence-corrected chi connectivity index (χ0v) is 12.8. The first-order valence-electron chi connectivity index (χ1n) is 6.75. The molecule has 0 radical (unpaired) electrons. The summed E-state index contributed by atoms with van der Waals surface area (Å²) in [5.41, 5.74) is 0.422. The number of urea groups is 1. The number of rotatable bonds is 4. The Hall–Kier alpha value is -1.69. The average Bonchev–Trinajstić information content (AvgIpc) is 2.37. The van der Waals surface area contributed by atoms with Crippen LogP contribution in [0.25, 0.3) is 0 Å². The molecule has 2 atom stereocenters. The van der Waals surface area contributed by atoms with Gasteiger partial charge in [0.15, 0.2) is 0 Å². The zero-order chi connectivity index (χ0) is 15.3. The molecule has 1 rings (SSSR count). The zero-order valence-electron chi connectivity index (χ0n) is 12.8. The fourth-order valence-corrected chi connectivity index (χ4v) is 1.45. The summed E-state index contributed by atoms with van der Waals surface area (Å²) in [6.45, 7) is 9.83. The van der Waals surface area contributed by atoms with Crippen LogP contribution in [0.15, 0.2) is 12.4 Å². The highest BCUT2D eigenvalue weighted by atomic mass is 16.3. The van der Waals surface area contributed by atoms with Crippen molar-refractivity contribution in [3.63, 3.8) is 0 Å². The molecule has 1 heterocycles. The predicted molar refractivity (Wildman–Crippen MR) is 78.6 cm³/mol. The minimum Gasteiger partial charge on any atom is -0.396 e. The van der Waals surface area contributed by atoms with Gasteiger partial charge in [-0.25, -0.2) is 14.8 Å². The van der Waals surface area contributed by atoms with E-state index in [2.05, 4.69) is 20.6 Å². The van der Waals surface area contributed by atoms with Crippen LogP contribution >= 0.6 is 0 Å². The third kappa shape index (κ3) is 4.77. The molecule has 0 saturated carbocycles. The van der Waals surface area contributed by atoms with Crippen LogP contribution in [0.1, 0.15) is 40.4 Å². The van der Waals surface area contributed by atoms with E-state index < -0.39 is 0 Å². The van der Waals surface area contributed by atoms with Gasteiger partial charge in [-0.05, 0) is 12.8 Å². The lowest BCUT2D eigenvalue weighted by Crippen LogP contribution is -2.40. The molecule has 112 valence electrons. The number of carbonyl (C=O) groups excluding carboxylic acids is 1. The van der Waals surface area contributed by atoms with E-state index in [0.717, 1.165) is 5.82 Å². The van der Waals surface area contributed by atoms with E-state index in [1.807, 2.05) is 34.6 Å². The Morgan fingerprint density at radius 2 is 1.85 bits per heavy atom. The second-order valence-electron chi connectivity index (χ2n) is 6.09. The minimum atomic E-state index is -0.329. The molecule has 6 nitrogen and oxygen atoms in total. The highest BCUT2D eigenvalue weighted by Gasteiger charge is 2.17. The summed E-state index contributed by atoms with van der Waals surface area (Å²) in [4.78, 5) is 20.2. The molecule has 20 heavy (non-hydrogen) atoms. The Morgan fingerprint density at radius 1 is 1.30 bits per heavy atom. The van der Waals surface area contributed by atoms with Gasteiger partial charge in [-0.15, -0.1) is 0 Å². The fourth-order valence-electron chi connectivity index (χ4n) is 1.45. The van der Waals surface area contributed by atoms with E-state index in [4.69, 9.17) is 5.11 Å². The number of aliphatic hydroxyl groups excluding tert-OH is 1. The van der Waals surface area contributed by atoms with Crippen LogP contribution in [0.3, 0.4) is 0 Å². The van der Waals surface area contributed by atoms with Gasteiger partial charge < -0.3 is 15.7 Å². The number of carbonyl (C=O) groups is 1. The molecule has 0 aromatic carbocycles. The van der Waals surface area contributed by atoms with Crippen molar-refractivity contribution in [2.75, 3.05) is 11.9 Å². The molecule has 0 saturated heterocycles. The van der Waals surface area contributed by atoms with E-state index in [-0.39, 0.29) is 30.0 Å². The van der Waals surface area contributed by atoms with E-state index in [9.17, 15) is 4.79 Å². The second-order valence-corrected chi connectivity index (χ2v) is 6.09. The van der Waals surface area contributed by atoms with E-state index in [0.29, 0.717) is 5.69 Å². The lowest BCUT2D eigenvalue weighted by Gasteiger charge is -2.20. The standard InChI is InChI=1S/C14H24N4O2/c1-9(8-19)10(2)17-13(20)18-11-6-15-12(16-7-11)14(3,4)5/h6-7,9-10,19H,8H2,1-5H3,(H2,17,18,20). The molecule has 0 aliphatic heterocycles. The maximum atomic E-state index is 11.8. The van der Waals surface area contributed by atoms with Crippen molar-refractivity contribution in [3.05, 3.63) is 18.2 Å². The van der Waals surface area contributed by atoms with Crippen LogP contribution in [0, 0.1) is 5.92 Å². The summed E-state index contributed by atoms with van der Waals surface area (Å²) in [7, 11) is 0. The van der Waals surface area contributed by atoms with Crippen molar-refractivity contribution in [3.8, 4) is 0 Å². The molecule has 0 spiro atoms. The van der Waals surface area contributed by atoms with Gasteiger partial charge in [-0.1, -0.05) is 27.7 Å². The van der Waals surface area contributed by atoms with E-state index in [1.54, 1.807) is 12.4 Å². The molecular weight excluding hydrogens is 256 g/mol. The maximum absolute atomic E-state index is 11.8. The van der Waals surface area contributed by atoms with Crippen molar-refractivity contribution >= 4 is 11.7 Å². The molecule has 1 aromatic heterocycles.